The summed E-state index contributed by atoms with van der Waals surface area (Å²) in [5, 5.41) is 12.1. The fourth-order valence-electron chi connectivity index (χ4n) is 3.55. The van der Waals surface area contributed by atoms with Gasteiger partial charge in [0, 0.05) is 12.7 Å². The summed E-state index contributed by atoms with van der Waals surface area (Å²) in [5.41, 5.74) is 1.20. The zero-order chi connectivity index (χ0) is 12.9. The minimum absolute atomic E-state index is 0.734. The summed E-state index contributed by atoms with van der Waals surface area (Å²) >= 11 is 0. The van der Waals surface area contributed by atoms with Crippen LogP contribution in [-0.4, -0.2) is 28.1 Å². The lowest BCUT2D eigenvalue weighted by Gasteiger charge is -2.22. The van der Waals surface area contributed by atoms with Crippen molar-refractivity contribution in [3.63, 3.8) is 0 Å². The van der Waals surface area contributed by atoms with Crippen LogP contribution in [0.1, 0.15) is 50.6 Å². The van der Waals surface area contributed by atoms with Crippen LogP contribution >= 0.6 is 0 Å². The third-order valence-corrected chi connectivity index (χ3v) is 4.65. The molecule has 2 heterocycles. The van der Waals surface area contributed by atoms with Gasteiger partial charge in [0.1, 0.15) is 0 Å². The second-order valence-electron chi connectivity index (χ2n) is 6.35. The molecule has 4 nitrogen and oxygen atoms in total. The molecule has 0 bridgehead atoms. The summed E-state index contributed by atoms with van der Waals surface area (Å²) in [6, 6.07) is 0. The number of piperidine rings is 1. The molecule has 1 saturated heterocycles. The van der Waals surface area contributed by atoms with Crippen molar-refractivity contribution in [3.8, 4) is 0 Å². The molecule has 1 aromatic heterocycles. The van der Waals surface area contributed by atoms with Crippen LogP contribution in [0.5, 0.6) is 0 Å². The van der Waals surface area contributed by atoms with E-state index in [1.807, 2.05) is 0 Å². The normalized spacial score (nSPS) is 25.6. The maximum Gasteiger partial charge on any atom is 0.0829 e. The van der Waals surface area contributed by atoms with Gasteiger partial charge in [-0.25, -0.2) is 0 Å². The lowest BCUT2D eigenvalue weighted by molar-refractivity contribution is 0.322. The van der Waals surface area contributed by atoms with E-state index in [9.17, 15) is 0 Å². The van der Waals surface area contributed by atoms with Gasteiger partial charge in [-0.3, -0.25) is 4.68 Å². The van der Waals surface area contributed by atoms with Crippen LogP contribution in [0.15, 0.2) is 6.20 Å². The summed E-state index contributed by atoms with van der Waals surface area (Å²) in [4.78, 5) is 0. The fourth-order valence-corrected chi connectivity index (χ4v) is 3.55. The predicted molar refractivity (Wildman–Crippen MR) is 75.9 cm³/mol. The first-order chi connectivity index (χ1) is 9.40. The molecule has 2 fully saturated rings. The van der Waals surface area contributed by atoms with Crippen LogP contribution in [0.25, 0.3) is 0 Å². The molecule has 2 aliphatic rings. The van der Waals surface area contributed by atoms with Crippen molar-refractivity contribution in [3.05, 3.63) is 11.9 Å². The van der Waals surface area contributed by atoms with Gasteiger partial charge in [-0.2, -0.15) is 0 Å². The molecular weight excluding hydrogens is 236 g/mol. The summed E-state index contributed by atoms with van der Waals surface area (Å²) in [6.45, 7) is 3.35. The SMILES string of the molecule is c1c(CC2CCCCC2)nnn1CC1CCCNC1. The van der Waals surface area contributed by atoms with Crippen LogP contribution in [0.2, 0.25) is 0 Å². The molecule has 1 unspecified atom stereocenters. The zero-order valence-corrected chi connectivity index (χ0v) is 11.9. The first-order valence-corrected chi connectivity index (χ1v) is 8.00. The number of hydrogen-bond acceptors (Lipinski definition) is 3. The second-order valence-corrected chi connectivity index (χ2v) is 6.35. The lowest BCUT2D eigenvalue weighted by atomic mass is 9.86. The second kappa shape index (κ2) is 6.51. The third kappa shape index (κ3) is 3.78. The molecule has 19 heavy (non-hydrogen) atoms. The van der Waals surface area contributed by atoms with Crippen LogP contribution in [0.3, 0.4) is 0 Å². The molecule has 0 radical (unpaired) electrons. The maximum atomic E-state index is 4.37. The van der Waals surface area contributed by atoms with Crippen molar-refractivity contribution >= 4 is 0 Å². The lowest BCUT2D eigenvalue weighted by Crippen LogP contribution is -2.32. The van der Waals surface area contributed by atoms with Crippen molar-refractivity contribution in [1.82, 2.24) is 20.3 Å². The Morgan fingerprint density at radius 2 is 1.95 bits per heavy atom. The molecule has 1 N–H and O–H groups in total. The van der Waals surface area contributed by atoms with E-state index < -0.39 is 0 Å². The Morgan fingerprint density at radius 3 is 2.74 bits per heavy atom. The Kier molecular flexibility index (Phi) is 4.49. The topological polar surface area (TPSA) is 42.7 Å². The standard InChI is InChI=1S/C15H26N4/c1-2-5-13(6-3-1)9-15-12-19(18-17-15)11-14-7-4-8-16-10-14/h12-14,16H,1-11H2. The van der Waals surface area contributed by atoms with Crippen molar-refractivity contribution in [1.29, 1.82) is 0 Å². The van der Waals surface area contributed by atoms with Gasteiger partial charge in [0.2, 0.25) is 0 Å². The highest BCUT2D eigenvalue weighted by Gasteiger charge is 2.17. The number of nitrogens with one attached hydrogen (secondary N) is 1. The highest BCUT2D eigenvalue weighted by molar-refractivity contribution is 4.95. The first-order valence-electron chi connectivity index (χ1n) is 8.00. The van der Waals surface area contributed by atoms with Gasteiger partial charge in [-0.15, -0.1) is 5.10 Å². The molecule has 1 atom stereocenters. The largest absolute Gasteiger partial charge is 0.316 e. The zero-order valence-electron chi connectivity index (χ0n) is 11.9. The van der Waals surface area contributed by atoms with Crippen molar-refractivity contribution in [2.24, 2.45) is 11.8 Å². The van der Waals surface area contributed by atoms with E-state index in [0.717, 1.165) is 31.3 Å². The molecule has 4 heteroatoms. The molecule has 0 amide bonds. The van der Waals surface area contributed by atoms with Gasteiger partial charge >= 0.3 is 0 Å². The highest BCUT2D eigenvalue weighted by atomic mass is 15.4. The van der Waals surface area contributed by atoms with Gasteiger partial charge in [0.05, 0.1) is 5.69 Å². The smallest absolute Gasteiger partial charge is 0.0829 e. The van der Waals surface area contributed by atoms with Crippen LogP contribution in [0, 0.1) is 11.8 Å². The predicted octanol–water partition coefficient (Wildman–Crippen LogP) is 2.40. The summed E-state index contributed by atoms with van der Waals surface area (Å²) in [7, 11) is 0. The summed E-state index contributed by atoms with van der Waals surface area (Å²) in [5.74, 6) is 1.59. The quantitative estimate of drug-likeness (QED) is 0.906. The molecule has 1 aliphatic heterocycles. The molecule has 0 aromatic carbocycles. The monoisotopic (exact) mass is 262 g/mol. The van der Waals surface area contributed by atoms with Crippen molar-refractivity contribution in [2.45, 2.75) is 57.9 Å². The van der Waals surface area contributed by atoms with Crippen molar-refractivity contribution < 1.29 is 0 Å². The van der Waals surface area contributed by atoms with Gasteiger partial charge < -0.3 is 5.32 Å². The van der Waals surface area contributed by atoms with Gasteiger partial charge in [0.25, 0.3) is 0 Å². The summed E-state index contributed by atoms with van der Waals surface area (Å²) < 4.78 is 2.07. The number of rotatable bonds is 4. The van der Waals surface area contributed by atoms with E-state index in [1.54, 1.807) is 0 Å². The first kappa shape index (κ1) is 13.1. The van der Waals surface area contributed by atoms with Crippen LogP contribution in [0.4, 0.5) is 0 Å². The molecule has 0 spiro atoms. The number of aromatic nitrogens is 3. The van der Waals surface area contributed by atoms with Gasteiger partial charge in [-0.05, 0) is 44.2 Å². The van der Waals surface area contributed by atoms with E-state index in [-0.39, 0.29) is 0 Å². The van der Waals surface area contributed by atoms with E-state index in [2.05, 4.69) is 26.5 Å². The Morgan fingerprint density at radius 1 is 1.11 bits per heavy atom. The Hall–Kier alpha value is -0.900. The molecule has 1 aromatic rings. The van der Waals surface area contributed by atoms with Gasteiger partial charge in [0.15, 0.2) is 0 Å². The Balaban J connectivity index is 1.50. The van der Waals surface area contributed by atoms with E-state index >= 15 is 0 Å². The minimum Gasteiger partial charge on any atom is -0.316 e. The highest BCUT2D eigenvalue weighted by Crippen LogP contribution is 2.26. The number of nitrogens with zero attached hydrogens (tertiary/aromatic N) is 3. The van der Waals surface area contributed by atoms with Gasteiger partial charge in [-0.1, -0.05) is 37.3 Å². The molecule has 1 aliphatic carbocycles. The average molecular weight is 262 g/mol. The Bertz CT molecular complexity index is 341. The maximum absolute atomic E-state index is 4.37. The molecular formula is C15H26N4. The third-order valence-electron chi connectivity index (χ3n) is 4.65. The Labute approximate surface area is 116 Å². The van der Waals surface area contributed by atoms with E-state index in [0.29, 0.717) is 0 Å². The molecule has 1 saturated carbocycles. The van der Waals surface area contributed by atoms with E-state index in [4.69, 9.17) is 0 Å². The van der Waals surface area contributed by atoms with Crippen LogP contribution < -0.4 is 5.32 Å². The fraction of sp³-hybridized carbons (Fsp3) is 0.867. The van der Waals surface area contributed by atoms with Crippen LogP contribution in [-0.2, 0) is 13.0 Å². The summed E-state index contributed by atoms with van der Waals surface area (Å²) in [6.07, 6.45) is 13.0. The minimum atomic E-state index is 0.734. The number of hydrogen-bond donors (Lipinski definition) is 1. The molecule has 106 valence electrons. The van der Waals surface area contributed by atoms with E-state index in [1.165, 1.54) is 57.2 Å². The van der Waals surface area contributed by atoms with Crippen molar-refractivity contribution in [2.75, 3.05) is 13.1 Å². The average Bonchev–Trinajstić information content (AvgIpc) is 2.88. The molecule has 3 rings (SSSR count).